The van der Waals surface area contributed by atoms with Gasteiger partial charge in [0.1, 0.15) is 0 Å². The van der Waals surface area contributed by atoms with E-state index in [9.17, 15) is 10.1 Å². The van der Waals surface area contributed by atoms with Crippen LogP contribution in [0.15, 0.2) is 49.2 Å². The van der Waals surface area contributed by atoms with Gasteiger partial charge in [-0.3, -0.25) is 10.1 Å². The Kier molecular flexibility index (Phi) is 6.91. The highest BCUT2D eigenvalue weighted by Gasteiger charge is 2.15. The van der Waals surface area contributed by atoms with Crippen LogP contribution in [0.5, 0.6) is 5.75 Å². The largest absolute Gasteiger partial charge is 0.490 e. The van der Waals surface area contributed by atoms with Gasteiger partial charge in [0.15, 0.2) is 5.75 Å². The molecule has 0 aromatic heterocycles. The van der Waals surface area contributed by atoms with Crippen LogP contribution in [-0.2, 0) is 0 Å². The first-order chi connectivity index (χ1) is 10.1. The number of rotatable bonds is 8. The molecule has 0 aliphatic heterocycles. The second-order valence-electron chi connectivity index (χ2n) is 4.38. The number of benzene rings is 1. The third-order valence-corrected chi connectivity index (χ3v) is 2.87. The zero-order valence-electron chi connectivity index (χ0n) is 12.4. The van der Waals surface area contributed by atoms with E-state index in [2.05, 4.69) is 18.8 Å². The minimum Gasteiger partial charge on any atom is -0.490 e. The van der Waals surface area contributed by atoms with Crippen molar-refractivity contribution < 1.29 is 15.0 Å². The average molecular weight is 289 g/mol. The first-order valence-electron chi connectivity index (χ1n) is 6.79. The molecule has 112 valence electrons. The van der Waals surface area contributed by atoms with Crippen molar-refractivity contribution >= 4 is 11.3 Å². The average Bonchev–Trinajstić information content (AvgIpc) is 2.49. The van der Waals surface area contributed by atoms with E-state index in [0.29, 0.717) is 0 Å². The second-order valence-corrected chi connectivity index (χ2v) is 4.38. The number of nitrogens with zero attached hydrogens (tertiary/aromatic N) is 1. The lowest BCUT2D eigenvalue weighted by Crippen LogP contribution is -2.77. The Labute approximate surface area is 124 Å². The molecule has 0 radical (unpaired) electrons. The molecule has 1 aromatic rings. The molecule has 0 fully saturated rings. The summed E-state index contributed by atoms with van der Waals surface area (Å²) < 4.78 is 5.09. The number of ether oxygens (including phenoxy) is 1. The lowest BCUT2D eigenvalue weighted by Gasteiger charge is -2.06. The lowest BCUT2D eigenvalue weighted by molar-refractivity contribution is -0.587. The maximum absolute atomic E-state index is 10.9. The fraction of sp³-hybridized carbons (Fsp3) is 0.250. The van der Waals surface area contributed by atoms with Crippen LogP contribution in [0.25, 0.3) is 5.57 Å². The summed E-state index contributed by atoms with van der Waals surface area (Å²) in [5.41, 5.74) is 1.73. The van der Waals surface area contributed by atoms with Gasteiger partial charge in [-0.15, -0.1) is 0 Å². The fourth-order valence-corrected chi connectivity index (χ4v) is 1.82. The van der Waals surface area contributed by atoms with Gasteiger partial charge in [-0.25, -0.2) is 0 Å². The smallest absolute Gasteiger partial charge is 0.310 e. The first-order valence-corrected chi connectivity index (χ1v) is 6.79. The van der Waals surface area contributed by atoms with Gasteiger partial charge in [0, 0.05) is 6.07 Å². The number of nitro groups is 1. The van der Waals surface area contributed by atoms with Crippen molar-refractivity contribution in [3.63, 3.8) is 0 Å². The Bertz CT molecular complexity index is 563. The van der Waals surface area contributed by atoms with E-state index < -0.39 is 4.92 Å². The molecule has 0 aliphatic carbocycles. The molecule has 5 heteroatoms. The summed E-state index contributed by atoms with van der Waals surface area (Å²) in [5, 5.41) is 13.0. The minimum absolute atomic E-state index is 0.0410. The van der Waals surface area contributed by atoms with Crippen LogP contribution >= 0.6 is 0 Å². The summed E-state index contributed by atoms with van der Waals surface area (Å²) in [5.74, 6) is 0.249. The van der Waals surface area contributed by atoms with Crippen molar-refractivity contribution in [3.05, 3.63) is 64.9 Å². The molecular formula is C16H21N2O3+. The van der Waals surface area contributed by atoms with E-state index in [1.807, 2.05) is 18.4 Å². The molecule has 0 atom stereocenters. The zero-order chi connectivity index (χ0) is 15.7. The monoisotopic (exact) mass is 289 g/mol. The summed E-state index contributed by atoms with van der Waals surface area (Å²) in [7, 11) is 1.42. The quantitative estimate of drug-likeness (QED) is 0.346. The van der Waals surface area contributed by atoms with Crippen LogP contribution in [0.4, 0.5) is 5.69 Å². The minimum atomic E-state index is -0.454. The van der Waals surface area contributed by atoms with Crippen LogP contribution in [0.3, 0.4) is 0 Å². The standard InChI is InChI=1S/C16H20N2O3/c1-4-6-13(9-11-17-10-5-2)14-7-8-15(18(19)20)16(12-14)21-3/h4,6-9,11-12,17H,1,5,10H2,2-3H3/p+1/b11-9-,13-6+. The molecule has 0 amide bonds. The van der Waals surface area contributed by atoms with Crippen molar-refractivity contribution in [3.8, 4) is 5.75 Å². The maximum Gasteiger partial charge on any atom is 0.310 e. The number of hydrogen-bond donors (Lipinski definition) is 1. The van der Waals surface area contributed by atoms with Gasteiger partial charge in [-0.1, -0.05) is 25.7 Å². The number of hydrogen-bond acceptors (Lipinski definition) is 3. The predicted octanol–water partition coefficient (Wildman–Crippen LogP) is 2.66. The van der Waals surface area contributed by atoms with Gasteiger partial charge >= 0.3 is 5.69 Å². The Balaban J connectivity index is 3.09. The van der Waals surface area contributed by atoms with Crippen LogP contribution in [0, 0.1) is 10.1 Å². The van der Waals surface area contributed by atoms with Crippen LogP contribution in [0.1, 0.15) is 18.9 Å². The number of allylic oxidation sites excluding steroid dienone is 4. The van der Waals surface area contributed by atoms with Gasteiger partial charge in [0.2, 0.25) is 0 Å². The molecule has 1 aromatic carbocycles. The Hall–Kier alpha value is -2.40. The molecule has 0 saturated heterocycles. The number of quaternary nitrogens is 1. The van der Waals surface area contributed by atoms with E-state index >= 15 is 0 Å². The van der Waals surface area contributed by atoms with Gasteiger partial charge in [0.05, 0.1) is 24.8 Å². The summed E-state index contributed by atoms with van der Waals surface area (Å²) in [6.45, 7) is 6.83. The van der Waals surface area contributed by atoms with Crippen molar-refractivity contribution in [2.24, 2.45) is 0 Å². The van der Waals surface area contributed by atoms with Crippen molar-refractivity contribution in [2.75, 3.05) is 13.7 Å². The second kappa shape index (κ2) is 8.71. The van der Waals surface area contributed by atoms with Crippen LogP contribution in [0.2, 0.25) is 0 Å². The Morgan fingerprint density at radius 2 is 2.29 bits per heavy atom. The Morgan fingerprint density at radius 1 is 1.52 bits per heavy atom. The third kappa shape index (κ3) is 4.89. The summed E-state index contributed by atoms with van der Waals surface area (Å²) in [4.78, 5) is 10.5. The summed E-state index contributed by atoms with van der Waals surface area (Å²) in [6.07, 6.45) is 8.57. The van der Waals surface area contributed by atoms with Crippen LogP contribution in [-0.4, -0.2) is 18.6 Å². The third-order valence-electron chi connectivity index (χ3n) is 2.87. The molecule has 0 spiro atoms. The van der Waals surface area contributed by atoms with E-state index in [0.717, 1.165) is 24.1 Å². The Morgan fingerprint density at radius 3 is 2.86 bits per heavy atom. The maximum atomic E-state index is 10.9. The number of nitrogens with two attached hydrogens (primary N) is 1. The highest BCUT2D eigenvalue weighted by atomic mass is 16.6. The fourth-order valence-electron chi connectivity index (χ4n) is 1.82. The molecule has 0 bridgehead atoms. The van der Waals surface area contributed by atoms with Gasteiger partial charge in [-0.2, -0.15) is 0 Å². The topological polar surface area (TPSA) is 69.0 Å². The highest BCUT2D eigenvalue weighted by molar-refractivity contribution is 5.76. The molecule has 21 heavy (non-hydrogen) atoms. The molecule has 5 nitrogen and oxygen atoms in total. The van der Waals surface area contributed by atoms with Crippen molar-refractivity contribution in [1.29, 1.82) is 0 Å². The van der Waals surface area contributed by atoms with Gasteiger partial charge in [-0.05, 0) is 35.8 Å². The SMILES string of the molecule is C=C/C=C(\C=C/[NH2+]CCC)c1ccc([N+](=O)[O-])c(OC)c1. The highest BCUT2D eigenvalue weighted by Crippen LogP contribution is 2.30. The molecule has 0 unspecified atom stereocenters. The van der Waals surface area contributed by atoms with Gasteiger partial charge in [0.25, 0.3) is 0 Å². The summed E-state index contributed by atoms with van der Waals surface area (Å²) in [6, 6.07) is 4.83. The molecule has 1 rings (SSSR count). The molecule has 0 heterocycles. The van der Waals surface area contributed by atoms with Crippen LogP contribution < -0.4 is 10.1 Å². The molecule has 0 aliphatic rings. The van der Waals surface area contributed by atoms with Gasteiger partial charge < -0.3 is 10.1 Å². The first kappa shape index (κ1) is 16.7. The molecule has 0 saturated carbocycles. The predicted molar refractivity (Wildman–Crippen MR) is 84.0 cm³/mol. The molecule has 2 N–H and O–H groups in total. The van der Waals surface area contributed by atoms with E-state index in [1.54, 1.807) is 18.2 Å². The summed E-state index contributed by atoms with van der Waals surface area (Å²) >= 11 is 0. The van der Waals surface area contributed by atoms with E-state index in [4.69, 9.17) is 4.74 Å². The van der Waals surface area contributed by atoms with Crippen molar-refractivity contribution in [2.45, 2.75) is 13.3 Å². The van der Waals surface area contributed by atoms with E-state index in [1.165, 1.54) is 13.2 Å². The number of nitro benzene ring substituents is 1. The number of methoxy groups -OCH3 is 1. The normalized spacial score (nSPS) is 11.6. The zero-order valence-corrected chi connectivity index (χ0v) is 12.4. The van der Waals surface area contributed by atoms with Crippen molar-refractivity contribution in [1.82, 2.24) is 0 Å². The lowest BCUT2D eigenvalue weighted by atomic mass is 10.0. The van der Waals surface area contributed by atoms with E-state index in [-0.39, 0.29) is 11.4 Å². The molecular weight excluding hydrogens is 268 g/mol.